The third kappa shape index (κ3) is 2.88. The van der Waals surface area contributed by atoms with E-state index in [2.05, 4.69) is 17.5 Å². The van der Waals surface area contributed by atoms with E-state index < -0.39 is 0 Å². The smallest absolute Gasteiger partial charge is 0.110 e. The van der Waals surface area contributed by atoms with Crippen molar-refractivity contribution in [1.29, 1.82) is 5.26 Å². The van der Waals surface area contributed by atoms with E-state index in [9.17, 15) is 0 Å². The molecular weight excluding hydrogens is 228 g/mol. The Morgan fingerprint density at radius 3 is 2.53 bits per heavy atom. The Morgan fingerprint density at radius 2 is 2.00 bits per heavy atom. The van der Waals surface area contributed by atoms with Gasteiger partial charge in [-0.3, -0.25) is 0 Å². The normalized spacial score (nSPS) is 19.5. The quantitative estimate of drug-likeness (QED) is 0.837. The molecular formula is C14H18N2S. The predicted molar refractivity (Wildman–Crippen MR) is 69.7 cm³/mol. The number of nitrogens with one attached hydrogen (secondary N) is 1. The van der Waals surface area contributed by atoms with Gasteiger partial charge in [-0.1, -0.05) is 0 Å². The second kappa shape index (κ2) is 4.80. The molecule has 2 saturated carbocycles. The van der Waals surface area contributed by atoms with E-state index in [-0.39, 0.29) is 0 Å². The van der Waals surface area contributed by atoms with E-state index in [4.69, 9.17) is 5.26 Å². The van der Waals surface area contributed by atoms with Gasteiger partial charge in [-0.05, 0) is 62.1 Å². The monoisotopic (exact) mass is 246 g/mol. The maximum atomic E-state index is 8.77. The van der Waals surface area contributed by atoms with Crippen molar-refractivity contribution in [2.45, 2.75) is 32.2 Å². The summed E-state index contributed by atoms with van der Waals surface area (Å²) in [5, 5.41) is 12.3. The molecule has 0 aliphatic heterocycles. The van der Waals surface area contributed by atoms with Crippen molar-refractivity contribution in [1.82, 2.24) is 5.32 Å². The molecule has 0 radical (unpaired) electrons. The number of hydrogen-bond acceptors (Lipinski definition) is 3. The molecule has 3 rings (SSSR count). The zero-order chi connectivity index (χ0) is 11.7. The van der Waals surface area contributed by atoms with Crippen molar-refractivity contribution in [3.63, 3.8) is 0 Å². The maximum Gasteiger partial charge on any atom is 0.110 e. The largest absolute Gasteiger partial charge is 0.312 e. The average molecular weight is 246 g/mol. The van der Waals surface area contributed by atoms with Crippen LogP contribution in [0.1, 0.15) is 35.4 Å². The van der Waals surface area contributed by atoms with E-state index in [0.717, 1.165) is 29.2 Å². The van der Waals surface area contributed by atoms with Crippen LogP contribution in [-0.4, -0.2) is 6.54 Å². The third-order valence-corrected chi connectivity index (χ3v) is 4.90. The highest BCUT2D eigenvalue weighted by molar-refractivity contribution is 7.12. The standard InChI is InChI=1S/C14H18N2S/c15-7-12-5-6-13(17-12)8-16-9-14(10-1-2-10)11-3-4-11/h5-6,10-11,14,16H,1-4,8-9H2. The molecule has 2 nitrogen and oxygen atoms in total. The fraction of sp³-hybridized carbons (Fsp3) is 0.643. The zero-order valence-electron chi connectivity index (χ0n) is 9.98. The van der Waals surface area contributed by atoms with Crippen molar-refractivity contribution >= 4 is 11.3 Å². The van der Waals surface area contributed by atoms with E-state index in [0.29, 0.717) is 0 Å². The molecule has 0 bridgehead atoms. The minimum atomic E-state index is 0.822. The van der Waals surface area contributed by atoms with Gasteiger partial charge < -0.3 is 5.32 Å². The number of nitrogens with zero attached hydrogens (tertiary/aromatic N) is 1. The molecule has 0 amide bonds. The highest BCUT2D eigenvalue weighted by Crippen LogP contribution is 2.48. The molecule has 1 heterocycles. The van der Waals surface area contributed by atoms with Crippen LogP contribution < -0.4 is 5.32 Å². The van der Waals surface area contributed by atoms with Crippen LogP contribution in [0.3, 0.4) is 0 Å². The molecule has 1 aromatic heterocycles. The molecule has 0 saturated heterocycles. The maximum absolute atomic E-state index is 8.77. The SMILES string of the molecule is N#Cc1ccc(CNCC(C2CC2)C2CC2)s1. The van der Waals surface area contributed by atoms with Gasteiger partial charge in [0, 0.05) is 11.4 Å². The van der Waals surface area contributed by atoms with Crippen LogP contribution in [0.5, 0.6) is 0 Å². The molecule has 0 atom stereocenters. The lowest BCUT2D eigenvalue weighted by Gasteiger charge is -2.15. The summed E-state index contributed by atoms with van der Waals surface area (Å²) in [5.41, 5.74) is 0. The molecule has 90 valence electrons. The van der Waals surface area contributed by atoms with Crippen LogP contribution >= 0.6 is 11.3 Å². The van der Waals surface area contributed by atoms with E-state index in [1.54, 1.807) is 11.3 Å². The molecule has 3 heteroatoms. The predicted octanol–water partition coefficient (Wildman–Crippen LogP) is 3.15. The lowest BCUT2D eigenvalue weighted by molar-refractivity contribution is 0.379. The minimum absolute atomic E-state index is 0.822. The van der Waals surface area contributed by atoms with Crippen molar-refractivity contribution in [3.05, 3.63) is 21.9 Å². The number of hydrogen-bond donors (Lipinski definition) is 1. The second-order valence-electron chi connectivity index (χ2n) is 5.35. The topological polar surface area (TPSA) is 35.8 Å². The van der Waals surface area contributed by atoms with Gasteiger partial charge in [0.25, 0.3) is 0 Å². The van der Waals surface area contributed by atoms with Crippen LogP contribution in [0.4, 0.5) is 0 Å². The Labute approximate surface area is 107 Å². The van der Waals surface area contributed by atoms with E-state index >= 15 is 0 Å². The van der Waals surface area contributed by atoms with Gasteiger partial charge in [0.15, 0.2) is 0 Å². The summed E-state index contributed by atoms with van der Waals surface area (Å²) < 4.78 is 0. The molecule has 0 unspecified atom stereocenters. The molecule has 17 heavy (non-hydrogen) atoms. The highest BCUT2D eigenvalue weighted by Gasteiger charge is 2.40. The summed E-state index contributed by atoms with van der Waals surface area (Å²) in [5.74, 6) is 2.98. The van der Waals surface area contributed by atoms with Crippen LogP contribution in [-0.2, 0) is 6.54 Å². The first-order valence-corrected chi connectivity index (χ1v) is 7.38. The van der Waals surface area contributed by atoms with Crippen LogP contribution in [0.2, 0.25) is 0 Å². The minimum Gasteiger partial charge on any atom is -0.312 e. The average Bonchev–Trinajstić information content (AvgIpc) is 3.25. The second-order valence-corrected chi connectivity index (χ2v) is 6.52. The Bertz CT molecular complexity index is 412. The Balaban J connectivity index is 1.46. The van der Waals surface area contributed by atoms with Crippen molar-refractivity contribution < 1.29 is 0 Å². The van der Waals surface area contributed by atoms with Gasteiger partial charge in [-0.15, -0.1) is 11.3 Å². The number of thiophene rings is 1. The lowest BCUT2D eigenvalue weighted by Crippen LogP contribution is -2.24. The molecule has 2 fully saturated rings. The fourth-order valence-corrected chi connectivity index (χ4v) is 3.44. The van der Waals surface area contributed by atoms with E-state index in [1.807, 2.05) is 6.07 Å². The Hall–Kier alpha value is -0.850. The number of rotatable bonds is 6. The molecule has 1 N–H and O–H groups in total. The molecule has 0 spiro atoms. The lowest BCUT2D eigenvalue weighted by atomic mass is 9.98. The van der Waals surface area contributed by atoms with Crippen molar-refractivity contribution in [2.75, 3.05) is 6.54 Å². The Kier molecular flexibility index (Phi) is 3.17. The van der Waals surface area contributed by atoms with Crippen LogP contribution in [0.15, 0.2) is 12.1 Å². The third-order valence-electron chi connectivity index (χ3n) is 3.91. The van der Waals surface area contributed by atoms with Crippen molar-refractivity contribution in [3.8, 4) is 6.07 Å². The van der Waals surface area contributed by atoms with Gasteiger partial charge >= 0.3 is 0 Å². The summed E-state index contributed by atoms with van der Waals surface area (Å²) >= 11 is 1.61. The first-order chi connectivity index (χ1) is 8.36. The molecule has 2 aliphatic carbocycles. The fourth-order valence-electron chi connectivity index (χ4n) is 2.66. The van der Waals surface area contributed by atoms with Gasteiger partial charge in [-0.2, -0.15) is 5.26 Å². The van der Waals surface area contributed by atoms with Gasteiger partial charge in [0.05, 0.1) is 0 Å². The van der Waals surface area contributed by atoms with Gasteiger partial charge in [0.1, 0.15) is 10.9 Å². The number of nitriles is 1. The van der Waals surface area contributed by atoms with Crippen molar-refractivity contribution in [2.24, 2.45) is 17.8 Å². The van der Waals surface area contributed by atoms with Crippen LogP contribution in [0.25, 0.3) is 0 Å². The molecule has 1 aromatic rings. The zero-order valence-corrected chi connectivity index (χ0v) is 10.8. The summed E-state index contributed by atoms with van der Waals surface area (Å²) in [6, 6.07) is 6.18. The van der Waals surface area contributed by atoms with Crippen LogP contribution in [0, 0.1) is 29.1 Å². The van der Waals surface area contributed by atoms with Gasteiger partial charge in [-0.25, -0.2) is 0 Å². The summed E-state index contributed by atoms with van der Waals surface area (Å²) in [4.78, 5) is 2.11. The summed E-state index contributed by atoms with van der Waals surface area (Å²) in [6.07, 6.45) is 5.84. The van der Waals surface area contributed by atoms with Gasteiger partial charge in [0.2, 0.25) is 0 Å². The molecule has 0 aromatic carbocycles. The summed E-state index contributed by atoms with van der Waals surface area (Å²) in [7, 11) is 0. The Morgan fingerprint density at radius 1 is 1.29 bits per heavy atom. The van der Waals surface area contributed by atoms with E-state index in [1.165, 1.54) is 37.1 Å². The first kappa shape index (κ1) is 11.3. The molecule has 2 aliphatic rings. The highest BCUT2D eigenvalue weighted by atomic mass is 32.1. The first-order valence-electron chi connectivity index (χ1n) is 6.56. The summed E-state index contributed by atoms with van der Waals surface area (Å²) in [6.45, 7) is 2.11.